The number of nitrogens with zero attached hydrogens (tertiary/aromatic N) is 6. The molecule has 1 aliphatic rings. The molecule has 0 unspecified atom stereocenters. The number of amides is 1. The van der Waals surface area contributed by atoms with E-state index in [1.165, 1.54) is 11.5 Å². The van der Waals surface area contributed by atoms with Gasteiger partial charge in [0.1, 0.15) is 5.69 Å². The Hall–Kier alpha value is -3.92. The normalized spacial score (nSPS) is 15.3. The third-order valence-electron chi connectivity index (χ3n) is 5.64. The largest absolute Gasteiger partial charge is 0.490 e. The molecule has 0 aliphatic carbocycles. The molecule has 0 spiro atoms. The molecule has 1 amide bonds. The number of carboxylic acid groups (broad SMARTS) is 1. The van der Waals surface area contributed by atoms with Crippen LogP contribution in [0.5, 0.6) is 0 Å². The summed E-state index contributed by atoms with van der Waals surface area (Å²) in [5, 5.41) is 26.4. The van der Waals surface area contributed by atoms with Gasteiger partial charge in [-0.3, -0.25) is 14.6 Å². The summed E-state index contributed by atoms with van der Waals surface area (Å²) >= 11 is 7.77. The van der Waals surface area contributed by atoms with E-state index in [2.05, 4.69) is 40.2 Å². The highest BCUT2D eigenvalue weighted by Gasteiger charge is 2.38. The number of rotatable bonds is 6. The maximum Gasteiger partial charge on any atom is 0.490 e. The molecule has 0 bridgehead atoms. The molecule has 1 fully saturated rings. The number of fused-ring (bicyclic) bond motifs is 1. The van der Waals surface area contributed by atoms with Crippen molar-refractivity contribution in [3.63, 3.8) is 0 Å². The summed E-state index contributed by atoms with van der Waals surface area (Å²) in [5.74, 6) is -2.23. The van der Waals surface area contributed by atoms with Gasteiger partial charge in [0.15, 0.2) is 0 Å². The topological polar surface area (TPSA) is 154 Å². The fourth-order valence-electron chi connectivity index (χ4n) is 3.79. The van der Waals surface area contributed by atoms with Crippen molar-refractivity contribution in [1.82, 2.24) is 34.7 Å². The Balaban J connectivity index is 0.000000426. The van der Waals surface area contributed by atoms with Crippen LogP contribution in [0.2, 0.25) is 5.02 Å². The van der Waals surface area contributed by atoms with Crippen molar-refractivity contribution in [3.05, 3.63) is 41.3 Å². The van der Waals surface area contributed by atoms with Crippen molar-refractivity contribution in [1.29, 1.82) is 0 Å². The van der Waals surface area contributed by atoms with Crippen molar-refractivity contribution < 1.29 is 27.9 Å². The number of carbonyl (C=O) groups is 2. The highest BCUT2D eigenvalue weighted by molar-refractivity contribution is 7.10. The Labute approximate surface area is 222 Å². The number of halogens is 4. The van der Waals surface area contributed by atoms with Crippen LogP contribution in [0.4, 0.5) is 29.9 Å². The summed E-state index contributed by atoms with van der Waals surface area (Å²) in [5.41, 5.74) is 2.16. The first-order chi connectivity index (χ1) is 18.0. The van der Waals surface area contributed by atoms with Gasteiger partial charge in [0, 0.05) is 49.3 Å². The number of benzene rings is 1. The highest BCUT2D eigenvalue weighted by atomic mass is 35.5. The van der Waals surface area contributed by atoms with Gasteiger partial charge in [0.25, 0.3) is 5.91 Å². The zero-order valence-corrected chi connectivity index (χ0v) is 21.2. The van der Waals surface area contributed by atoms with Crippen LogP contribution in [-0.2, 0) is 11.8 Å². The Morgan fingerprint density at radius 1 is 1.32 bits per heavy atom. The third-order valence-corrected chi connectivity index (χ3v) is 6.67. The van der Waals surface area contributed by atoms with Crippen LogP contribution in [0.3, 0.4) is 0 Å². The zero-order chi connectivity index (χ0) is 27.4. The molecule has 0 saturated carbocycles. The molecule has 1 aliphatic heterocycles. The molecule has 202 valence electrons. The molecule has 4 aromatic rings. The molecule has 12 nitrogen and oxygen atoms in total. The number of nitrogens with one attached hydrogen (secondary N) is 3. The van der Waals surface area contributed by atoms with Crippen LogP contribution in [-0.4, -0.2) is 71.6 Å². The van der Waals surface area contributed by atoms with E-state index in [9.17, 15) is 18.0 Å². The average Bonchev–Trinajstić information content (AvgIpc) is 3.66. The molecular formula is C21H21ClF3N9O3S. The van der Waals surface area contributed by atoms with Crippen molar-refractivity contribution in [2.24, 2.45) is 7.05 Å². The number of aryl methyl sites for hydroxylation is 1. The van der Waals surface area contributed by atoms with Crippen molar-refractivity contribution >= 4 is 62.7 Å². The Kier molecular flexibility index (Phi) is 8.01. The van der Waals surface area contributed by atoms with Gasteiger partial charge in [-0.2, -0.15) is 32.7 Å². The van der Waals surface area contributed by atoms with Crippen LogP contribution in [0, 0.1) is 0 Å². The SMILES string of the molecule is Cn1nccc1C(=O)NC[C@@H]1CCCN1c1nsc(Nc2ccc3[nH]ncc3c2Cl)n1.O=C(O)C(F)(F)F. The van der Waals surface area contributed by atoms with E-state index in [4.69, 9.17) is 21.5 Å². The summed E-state index contributed by atoms with van der Waals surface area (Å²) in [7, 11) is 1.75. The summed E-state index contributed by atoms with van der Waals surface area (Å²) in [6.07, 6.45) is 0.220. The second-order valence-corrected chi connectivity index (χ2v) is 9.26. The number of carboxylic acids is 1. The van der Waals surface area contributed by atoms with E-state index in [0.717, 1.165) is 36.0 Å². The molecule has 1 saturated heterocycles. The third kappa shape index (κ3) is 6.13. The van der Waals surface area contributed by atoms with Crippen LogP contribution in [0.15, 0.2) is 30.6 Å². The van der Waals surface area contributed by atoms with E-state index in [1.54, 1.807) is 30.2 Å². The number of aromatic amines is 1. The molecule has 3 aromatic heterocycles. The van der Waals surface area contributed by atoms with Gasteiger partial charge in [-0.25, -0.2) is 4.79 Å². The molecular weight excluding hydrogens is 551 g/mol. The van der Waals surface area contributed by atoms with Crippen LogP contribution >= 0.6 is 23.1 Å². The number of hydrogen-bond acceptors (Lipinski definition) is 9. The van der Waals surface area contributed by atoms with Gasteiger partial charge in [-0.1, -0.05) is 11.6 Å². The molecule has 1 atom stereocenters. The molecule has 1 aromatic carbocycles. The lowest BCUT2D eigenvalue weighted by molar-refractivity contribution is -0.192. The van der Waals surface area contributed by atoms with Gasteiger partial charge in [-0.15, -0.1) is 0 Å². The highest BCUT2D eigenvalue weighted by Crippen LogP contribution is 2.33. The van der Waals surface area contributed by atoms with Crippen LogP contribution in [0.1, 0.15) is 23.3 Å². The molecule has 17 heteroatoms. The van der Waals surface area contributed by atoms with Gasteiger partial charge in [0.05, 0.1) is 22.4 Å². The molecule has 5 rings (SSSR count). The lowest BCUT2D eigenvalue weighted by Gasteiger charge is -2.23. The quantitative estimate of drug-likeness (QED) is 0.272. The maximum atomic E-state index is 12.4. The van der Waals surface area contributed by atoms with Crippen LogP contribution in [0.25, 0.3) is 10.9 Å². The maximum absolute atomic E-state index is 12.4. The lowest BCUT2D eigenvalue weighted by Crippen LogP contribution is -2.41. The van der Waals surface area contributed by atoms with E-state index in [1.807, 2.05) is 12.1 Å². The lowest BCUT2D eigenvalue weighted by atomic mass is 10.2. The summed E-state index contributed by atoms with van der Waals surface area (Å²) in [6, 6.07) is 5.65. The monoisotopic (exact) mass is 571 g/mol. The smallest absolute Gasteiger partial charge is 0.475 e. The first-order valence-electron chi connectivity index (χ1n) is 11.1. The van der Waals surface area contributed by atoms with E-state index >= 15 is 0 Å². The zero-order valence-electron chi connectivity index (χ0n) is 19.7. The van der Waals surface area contributed by atoms with Crippen LogP contribution < -0.4 is 15.5 Å². The minimum Gasteiger partial charge on any atom is -0.475 e. The number of alkyl halides is 3. The first kappa shape index (κ1) is 27.1. The fraction of sp³-hybridized carbons (Fsp3) is 0.333. The van der Waals surface area contributed by atoms with Crippen molar-refractivity contribution in [3.8, 4) is 0 Å². The molecule has 0 radical (unpaired) electrons. The van der Waals surface area contributed by atoms with E-state index in [-0.39, 0.29) is 11.9 Å². The minimum absolute atomic E-state index is 0.135. The number of hydrogen-bond donors (Lipinski definition) is 4. The van der Waals surface area contributed by atoms with Gasteiger partial charge < -0.3 is 20.6 Å². The summed E-state index contributed by atoms with van der Waals surface area (Å²) in [6.45, 7) is 1.37. The summed E-state index contributed by atoms with van der Waals surface area (Å²) in [4.78, 5) is 28.1. The van der Waals surface area contributed by atoms with Crippen molar-refractivity contribution in [2.75, 3.05) is 23.3 Å². The second kappa shape index (κ2) is 11.2. The van der Waals surface area contributed by atoms with Crippen molar-refractivity contribution in [2.45, 2.75) is 25.1 Å². The minimum atomic E-state index is -5.08. The predicted octanol–water partition coefficient (Wildman–Crippen LogP) is 3.58. The Morgan fingerprint density at radius 2 is 2.08 bits per heavy atom. The number of carbonyl (C=O) groups excluding carboxylic acids is 1. The number of aliphatic carboxylic acids is 1. The summed E-state index contributed by atoms with van der Waals surface area (Å²) < 4.78 is 37.8. The number of aromatic nitrogens is 6. The van der Waals surface area contributed by atoms with E-state index < -0.39 is 12.1 Å². The first-order valence-corrected chi connectivity index (χ1v) is 12.2. The number of H-pyrrole nitrogens is 1. The number of anilines is 3. The average molecular weight is 572 g/mol. The second-order valence-electron chi connectivity index (χ2n) is 8.13. The standard InChI is InChI=1S/C19H20ClN9OS.C2HF3O2/c1-28-15(6-7-23-28)17(30)21-9-11-3-2-8-29(11)18-25-19(31-27-18)24-14-5-4-13-12(16(14)20)10-22-26-13;3-2(4,5)1(6)7/h4-7,10-11H,2-3,8-9H2,1H3,(H,21,30)(H,22,26)(H,24,25,27);(H,6,7)/t11-;/m0./s1. The van der Waals surface area contributed by atoms with Gasteiger partial charge in [-0.05, 0) is 31.0 Å². The molecule has 4 N–H and O–H groups in total. The van der Waals surface area contributed by atoms with Gasteiger partial charge in [0.2, 0.25) is 11.1 Å². The molecule has 4 heterocycles. The fourth-order valence-corrected chi connectivity index (χ4v) is 4.64. The van der Waals surface area contributed by atoms with E-state index in [0.29, 0.717) is 28.3 Å². The Bertz CT molecular complexity index is 1440. The predicted molar refractivity (Wildman–Crippen MR) is 134 cm³/mol. The van der Waals surface area contributed by atoms with Gasteiger partial charge >= 0.3 is 12.1 Å². The molecule has 38 heavy (non-hydrogen) atoms. The Morgan fingerprint density at radius 3 is 2.76 bits per heavy atom.